The Bertz CT molecular complexity index is 900. The summed E-state index contributed by atoms with van der Waals surface area (Å²) in [6.45, 7) is 3.27. The van der Waals surface area contributed by atoms with Gasteiger partial charge >= 0.3 is 0 Å². The summed E-state index contributed by atoms with van der Waals surface area (Å²) in [6, 6.07) is 5.74. The Kier molecular flexibility index (Phi) is 5.53. The Labute approximate surface area is 162 Å². The fourth-order valence-corrected chi connectivity index (χ4v) is 2.83. The molecule has 0 radical (unpaired) electrons. The highest BCUT2D eigenvalue weighted by Gasteiger charge is 2.17. The van der Waals surface area contributed by atoms with E-state index in [4.69, 9.17) is 15.2 Å². The molecule has 9 heteroatoms. The molecule has 0 amide bonds. The molecule has 3 aromatic rings. The van der Waals surface area contributed by atoms with Gasteiger partial charge in [-0.05, 0) is 17.7 Å². The molecule has 9 nitrogen and oxygen atoms in total. The van der Waals surface area contributed by atoms with Gasteiger partial charge in [-0.2, -0.15) is 4.98 Å². The van der Waals surface area contributed by atoms with E-state index in [1.807, 2.05) is 12.1 Å². The molecule has 144 valence electrons. The molecule has 28 heavy (non-hydrogen) atoms. The van der Waals surface area contributed by atoms with Crippen molar-refractivity contribution in [2.75, 3.05) is 43.5 Å². The highest BCUT2D eigenvalue weighted by molar-refractivity contribution is 5.60. The standard InChI is InChI=1S/C19H21N7O2/c20-18-22-12-15(13-23-18)16-11-17(28-8-3-14-1-4-21-5-2-14)25-19(24-16)26-6-9-27-10-7-26/h1-2,4-5,11-13H,3,6-10H2,(H2,20,22,23). The second kappa shape index (κ2) is 8.57. The lowest BCUT2D eigenvalue weighted by molar-refractivity contribution is 0.122. The number of nitrogens with zero attached hydrogens (tertiary/aromatic N) is 6. The normalized spacial score (nSPS) is 14.1. The van der Waals surface area contributed by atoms with E-state index in [0.29, 0.717) is 37.3 Å². The Balaban J connectivity index is 1.56. The number of nitrogens with two attached hydrogens (primary N) is 1. The number of ether oxygens (including phenoxy) is 2. The van der Waals surface area contributed by atoms with Crippen molar-refractivity contribution in [1.82, 2.24) is 24.9 Å². The van der Waals surface area contributed by atoms with E-state index < -0.39 is 0 Å². The summed E-state index contributed by atoms with van der Waals surface area (Å²) >= 11 is 0. The van der Waals surface area contributed by atoms with Crippen LogP contribution in [0.15, 0.2) is 43.0 Å². The lowest BCUT2D eigenvalue weighted by atomic mass is 10.2. The van der Waals surface area contributed by atoms with Gasteiger partial charge in [-0.3, -0.25) is 4.98 Å². The van der Waals surface area contributed by atoms with Crippen molar-refractivity contribution in [3.8, 4) is 17.1 Å². The highest BCUT2D eigenvalue weighted by atomic mass is 16.5. The number of rotatable bonds is 6. The van der Waals surface area contributed by atoms with Crippen LogP contribution in [0.4, 0.5) is 11.9 Å². The minimum absolute atomic E-state index is 0.222. The van der Waals surface area contributed by atoms with E-state index in [1.54, 1.807) is 30.9 Å². The van der Waals surface area contributed by atoms with Crippen LogP contribution in [-0.4, -0.2) is 57.8 Å². The molecule has 3 aromatic heterocycles. The monoisotopic (exact) mass is 379 g/mol. The molecule has 0 spiro atoms. The summed E-state index contributed by atoms with van der Waals surface area (Å²) in [5, 5.41) is 0. The van der Waals surface area contributed by atoms with Gasteiger partial charge in [-0.15, -0.1) is 0 Å². The number of anilines is 2. The SMILES string of the molecule is Nc1ncc(-c2cc(OCCc3ccncc3)nc(N3CCOCC3)n2)cn1. The molecule has 1 aliphatic heterocycles. The fourth-order valence-electron chi connectivity index (χ4n) is 2.83. The zero-order valence-electron chi connectivity index (χ0n) is 15.4. The largest absolute Gasteiger partial charge is 0.477 e. The zero-order valence-corrected chi connectivity index (χ0v) is 15.4. The lowest BCUT2D eigenvalue weighted by Crippen LogP contribution is -2.37. The van der Waals surface area contributed by atoms with E-state index in [0.717, 1.165) is 30.6 Å². The number of hydrogen-bond acceptors (Lipinski definition) is 9. The van der Waals surface area contributed by atoms with Crippen molar-refractivity contribution in [1.29, 1.82) is 0 Å². The van der Waals surface area contributed by atoms with Gasteiger partial charge in [0.25, 0.3) is 0 Å². The van der Waals surface area contributed by atoms with Crippen molar-refractivity contribution < 1.29 is 9.47 Å². The average molecular weight is 379 g/mol. The van der Waals surface area contributed by atoms with Crippen molar-refractivity contribution in [3.05, 3.63) is 48.5 Å². The predicted octanol–water partition coefficient (Wildman–Crippen LogP) is 1.37. The summed E-state index contributed by atoms with van der Waals surface area (Å²) < 4.78 is 11.4. The molecule has 0 saturated carbocycles. The second-order valence-electron chi connectivity index (χ2n) is 6.27. The third-order valence-corrected chi connectivity index (χ3v) is 4.34. The van der Waals surface area contributed by atoms with E-state index in [9.17, 15) is 0 Å². The number of nitrogen functional groups attached to an aromatic ring is 1. The Hall–Kier alpha value is -3.33. The molecule has 0 aromatic carbocycles. The molecular formula is C19H21N7O2. The van der Waals surface area contributed by atoms with Crippen molar-refractivity contribution in [2.24, 2.45) is 0 Å². The smallest absolute Gasteiger partial charge is 0.229 e. The summed E-state index contributed by atoms with van der Waals surface area (Å²) in [5.41, 5.74) is 8.20. The first-order valence-corrected chi connectivity index (χ1v) is 9.09. The van der Waals surface area contributed by atoms with Crippen LogP contribution in [-0.2, 0) is 11.2 Å². The predicted molar refractivity (Wildman–Crippen MR) is 104 cm³/mol. The molecule has 0 bridgehead atoms. The first-order valence-electron chi connectivity index (χ1n) is 9.09. The summed E-state index contributed by atoms with van der Waals surface area (Å²) in [6.07, 6.45) is 7.61. The van der Waals surface area contributed by atoms with Crippen LogP contribution in [0.25, 0.3) is 11.3 Å². The summed E-state index contributed by atoms with van der Waals surface area (Å²) in [5.74, 6) is 1.34. The molecule has 0 atom stereocenters. The Morgan fingerprint density at radius 1 is 1.07 bits per heavy atom. The molecular weight excluding hydrogens is 358 g/mol. The highest BCUT2D eigenvalue weighted by Crippen LogP contribution is 2.24. The van der Waals surface area contributed by atoms with Crippen LogP contribution in [0.3, 0.4) is 0 Å². The van der Waals surface area contributed by atoms with E-state index >= 15 is 0 Å². The van der Waals surface area contributed by atoms with Gasteiger partial charge in [0, 0.05) is 55.9 Å². The van der Waals surface area contributed by atoms with Crippen LogP contribution >= 0.6 is 0 Å². The number of aromatic nitrogens is 5. The van der Waals surface area contributed by atoms with Crippen molar-refractivity contribution in [3.63, 3.8) is 0 Å². The van der Waals surface area contributed by atoms with Gasteiger partial charge in [0.2, 0.25) is 17.8 Å². The van der Waals surface area contributed by atoms with Gasteiger partial charge in [0.05, 0.1) is 25.5 Å². The minimum Gasteiger partial charge on any atom is -0.477 e. The van der Waals surface area contributed by atoms with Gasteiger partial charge in [0.1, 0.15) is 0 Å². The van der Waals surface area contributed by atoms with E-state index in [1.165, 1.54) is 0 Å². The van der Waals surface area contributed by atoms with Crippen LogP contribution in [0.2, 0.25) is 0 Å². The van der Waals surface area contributed by atoms with Gasteiger partial charge in [-0.25, -0.2) is 15.0 Å². The van der Waals surface area contributed by atoms with Crippen LogP contribution in [0, 0.1) is 0 Å². The average Bonchev–Trinajstić information content (AvgIpc) is 2.75. The molecule has 4 rings (SSSR count). The lowest BCUT2D eigenvalue weighted by Gasteiger charge is -2.27. The number of pyridine rings is 1. The van der Waals surface area contributed by atoms with Gasteiger partial charge < -0.3 is 20.1 Å². The van der Waals surface area contributed by atoms with Crippen LogP contribution in [0.1, 0.15) is 5.56 Å². The first-order chi connectivity index (χ1) is 13.8. The number of morpholine rings is 1. The van der Waals surface area contributed by atoms with Gasteiger partial charge in [-0.1, -0.05) is 0 Å². The molecule has 1 fully saturated rings. The zero-order chi connectivity index (χ0) is 19.2. The third-order valence-electron chi connectivity index (χ3n) is 4.34. The maximum Gasteiger partial charge on any atom is 0.229 e. The van der Waals surface area contributed by atoms with E-state index in [-0.39, 0.29) is 5.95 Å². The number of hydrogen-bond donors (Lipinski definition) is 1. The Morgan fingerprint density at radius 2 is 1.82 bits per heavy atom. The first kappa shape index (κ1) is 18.1. The quantitative estimate of drug-likeness (QED) is 0.678. The molecule has 1 aliphatic rings. The topological polar surface area (TPSA) is 112 Å². The second-order valence-corrected chi connectivity index (χ2v) is 6.27. The Morgan fingerprint density at radius 3 is 2.57 bits per heavy atom. The van der Waals surface area contributed by atoms with Crippen LogP contribution < -0.4 is 15.4 Å². The van der Waals surface area contributed by atoms with Crippen molar-refractivity contribution >= 4 is 11.9 Å². The van der Waals surface area contributed by atoms with E-state index in [2.05, 4.69) is 29.8 Å². The molecule has 1 saturated heterocycles. The molecule has 0 unspecified atom stereocenters. The molecule has 4 heterocycles. The third kappa shape index (κ3) is 4.49. The maximum atomic E-state index is 5.93. The summed E-state index contributed by atoms with van der Waals surface area (Å²) in [4.78, 5) is 23.5. The maximum absolute atomic E-state index is 5.93. The molecule has 2 N–H and O–H groups in total. The minimum atomic E-state index is 0.222. The molecule has 0 aliphatic carbocycles. The summed E-state index contributed by atoms with van der Waals surface area (Å²) in [7, 11) is 0. The fraction of sp³-hybridized carbons (Fsp3) is 0.316. The van der Waals surface area contributed by atoms with Crippen molar-refractivity contribution in [2.45, 2.75) is 6.42 Å². The van der Waals surface area contributed by atoms with Gasteiger partial charge in [0.15, 0.2) is 0 Å². The van der Waals surface area contributed by atoms with Crippen LogP contribution in [0.5, 0.6) is 5.88 Å².